The zero-order valence-electron chi connectivity index (χ0n) is 18.3. The first-order valence-corrected chi connectivity index (χ1v) is 10.2. The Kier molecular flexibility index (Phi) is 11.5. The number of aliphatic carboxylic acids is 1. The van der Waals surface area contributed by atoms with E-state index in [4.69, 9.17) is 22.9 Å². The molecule has 3 unspecified atom stereocenters. The third-order valence-corrected chi connectivity index (χ3v) is 4.38. The lowest BCUT2D eigenvalue weighted by Crippen LogP contribution is -2.55. The molecule has 1 heterocycles. The summed E-state index contributed by atoms with van der Waals surface area (Å²) in [5.41, 5.74) is 21.6. The fourth-order valence-electron chi connectivity index (χ4n) is 2.69. The predicted molar refractivity (Wildman–Crippen MR) is 118 cm³/mol. The number of carbonyl (C=O) groups is 5. The van der Waals surface area contributed by atoms with E-state index in [1.54, 1.807) is 0 Å². The van der Waals surface area contributed by atoms with Gasteiger partial charge in [0.2, 0.25) is 23.6 Å². The monoisotopic (exact) mass is 482 g/mol. The molecule has 0 saturated heterocycles. The molecule has 34 heavy (non-hydrogen) atoms. The average molecular weight is 483 g/mol. The molecule has 0 fully saturated rings. The molecule has 1 aromatic rings. The van der Waals surface area contributed by atoms with E-state index in [1.165, 1.54) is 12.5 Å². The Morgan fingerprint density at radius 2 is 1.79 bits per heavy atom. The van der Waals surface area contributed by atoms with Gasteiger partial charge in [-0.1, -0.05) is 0 Å². The number of primary amides is 1. The van der Waals surface area contributed by atoms with Crippen LogP contribution in [0.25, 0.3) is 0 Å². The van der Waals surface area contributed by atoms with Crippen LogP contribution in [-0.2, 0) is 30.4 Å². The second kappa shape index (κ2) is 14.0. The van der Waals surface area contributed by atoms with Gasteiger partial charge in [0.05, 0.1) is 25.3 Å². The van der Waals surface area contributed by atoms with Crippen molar-refractivity contribution < 1.29 is 29.1 Å². The van der Waals surface area contributed by atoms with Crippen molar-refractivity contribution in [1.82, 2.24) is 25.9 Å². The number of hydrogen-bond acceptors (Lipinski definition) is 8. The third kappa shape index (κ3) is 10.9. The van der Waals surface area contributed by atoms with Crippen LogP contribution in [0.15, 0.2) is 17.5 Å². The SMILES string of the molecule is NC(=O)CC(NC(=O)C(Cc1cnc[nH]1)NC(=O)CNC(=O)C(N)CCCN=C(N)N)C(=O)O. The number of carboxylic acid groups (broad SMARTS) is 1. The topological polar surface area (TPSA) is 287 Å². The van der Waals surface area contributed by atoms with Crippen molar-refractivity contribution in [3.63, 3.8) is 0 Å². The van der Waals surface area contributed by atoms with Gasteiger partial charge in [-0.3, -0.25) is 24.2 Å². The van der Waals surface area contributed by atoms with Crippen LogP contribution in [-0.4, -0.2) is 81.8 Å². The molecule has 0 spiro atoms. The number of aliphatic imine (C=N–C) groups is 1. The molecule has 1 rings (SSSR count). The molecule has 0 aliphatic heterocycles. The molecule has 0 aliphatic carbocycles. The van der Waals surface area contributed by atoms with Crippen LogP contribution in [0.2, 0.25) is 0 Å². The summed E-state index contributed by atoms with van der Waals surface area (Å²) in [6.45, 7) is -0.196. The summed E-state index contributed by atoms with van der Waals surface area (Å²) in [6, 6.07) is -3.73. The average Bonchev–Trinajstić information content (AvgIpc) is 3.26. The second-order valence-corrected chi connectivity index (χ2v) is 7.24. The molecule has 0 saturated carbocycles. The molecule has 3 atom stereocenters. The smallest absolute Gasteiger partial charge is 0.326 e. The molecular formula is C18H30N10O6. The predicted octanol–water partition coefficient (Wildman–Crippen LogP) is -4.62. The van der Waals surface area contributed by atoms with Gasteiger partial charge in [0.25, 0.3) is 0 Å². The quantitative estimate of drug-likeness (QED) is 0.0654. The van der Waals surface area contributed by atoms with Gasteiger partial charge in [0, 0.05) is 24.9 Å². The third-order valence-electron chi connectivity index (χ3n) is 4.38. The van der Waals surface area contributed by atoms with Crippen LogP contribution < -0.4 is 38.9 Å². The summed E-state index contributed by atoms with van der Waals surface area (Å²) in [7, 11) is 0. The Morgan fingerprint density at radius 1 is 1.09 bits per heavy atom. The number of nitrogens with two attached hydrogens (primary N) is 4. The lowest BCUT2D eigenvalue weighted by atomic mass is 10.1. The van der Waals surface area contributed by atoms with Crippen LogP contribution in [0.1, 0.15) is 25.0 Å². The number of imidazole rings is 1. The van der Waals surface area contributed by atoms with Crippen molar-refractivity contribution in [1.29, 1.82) is 0 Å². The van der Waals surface area contributed by atoms with E-state index >= 15 is 0 Å². The summed E-state index contributed by atoms with van der Waals surface area (Å²) in [5, 5.41) is 16.1. The summed E-state index contributed by atoms with van der Waals surface area (Å²) in [6.07, 6.45) is 2.77. The van der Waals surface area contributed by atoms with Gasteiger partial charge in [0.15, 0.2) is 5.96 Å². The fraction of sp³-hybridized carbons (Fsp3) is 0.500. The molecule has 16 nitrogen and oxygen atoms in total. The largest absolute Gasteiger partial charge is 0.480 e. The van der Waals surface area contributed by atoms with E-state index in [0.717, 1.165) is 0 Å². The Balaban J connectivity index is 2.68. The number of carbonyl (C=O) groups excluding carboxylic acids is 4. The summed E-state index contributed by atoms with van der Waals surface area (Å²) < 4.78 is 0. The van der Waals surface area contributed by atoms with Gasteiger partial charge in [-0.05, 0) is 12.8 Å². The molecule has 0 aliphatic rings. The Labute approximate surface area is 194 Å². The van der Waals surface area contributed by atoms with Gasteiger partial charge >= 0.3 is 5.97 Å². The molecular weight excluding hydrogens is 452 g/mol. The number of aromatic amines is 1. The number of hydrogen-bond donors (Lipinski definition) is 9. The number of H-pyrrole nitrogens is 1. The van der Waals surface area contributed by atoms with Crippen molar-refractivity contribution in [2.24, 2.45) is 27.9 Å². The Bertz CT molecular complexity index is 884. The fourth-order valence-corrected chi connectivity index (χ4v) is 2.69. The highest BCUT2D eigenvalue weighted by Gasteiger charge is 2.28. The normalized spacial score (nSPS) is 13.1. The highest BCUT2D eigenvalue weighted by molar-refractivity contribution is 5.93. The standard InChI is InChI=1S/C18H30N10O6/c19-10(2-1-3-24-18(21)22)15(31)25-7-14(30)27-11(4-9-6-23-8-26-9)16(32)28-12(17(33)34)5-13(20)29/h6,8,10-12H,1-5,7,19H2,(H2,20,29)(H,23,26)(H,25,31)(H,27,30)(H,28,32)(H,33,34)(H4,21,22,24). The van der Waals surface area contributed by atoms with Crippen molar-refractivity contribution >= 4 is 35.6 Å². The maximum absolute atomic E-state index is 12.6. The number of rotatable bonds is 15. The number of nitrogens with zero attached hydrogens (tertiary/aromatic N) is 2. The number of carboxylic acids is 1. The van der Waals surface area contributed by atoms with Crippen molar-refractivity contribution in [2.45, 2.75) is 43.8 Å². The molecule has 0 aromatic carbocycles. The molecule has 1 aromatic heterocycles. The van der Waals surface area contributed by atoms with E-state index < -0.39 is 60.7 Å². The Morgan fingerprint density at radius 3 is 2.35 bits per heavy atom. The minimum atomic E-state index is -1.58. The molecule has 188 valence electrons. The second-order valence-electron chi connectivity index (χ2n) is 7.24. The van der Waals surface area contributed by atoms with E-state index in [-0.39, 0.29) is 18.8 Å². The summed E-state index contributed by atoms with van der Waals surface area (Å²) in [4.78, 5) is 69.7. The van der Waals surface area contributed by atoms with Gasteiger partial charge in [-0.2, -0.15) is 0 Å². The molecule has 16 heteroatoms. The van der Waals surface area contributed by atoms with Crippen LogP contribution in [0.4, 0.5) is 0 Å². The maximum atomic E-state index is 12.6. The van der Waals surface area contributed by atoms with E-state index in [9.17, 15) is 29.1 Å². The van der Waals surface area contributed by atoms with Gasteiger partial charge in [0.1, 0.15) is 12.1 Å². The number of amides is 4. The van der Waals surface area contributed by atoms with E-state index in [0.29, 0.717) is 18.7 Å². The van der Waals surface area contributed by atoms with Crippen LogP contribution in [0, 0.1) is 0 Å². The number of guanidine groups is 1. The number of nitrogens with one attached hydrogen (secondary N) is 4. The van der Waals surface area contributed by atoms with Crippen LogP contribution in [0.3, 0.4) is 0 Å². The highest BCUT2D eigenvalue weighted by atomic mass is 16.4. The highest BCUT2D eigenvalue weighted by Crippen LogP contribution is 2.02. The molecule has 13 N–H and O–H groups in total. The molecule has 4 amide bonds. The molecule has 0 bridgehead atoms. The Hall–Kier alpha value is -4.21. The van der Waals surface area contributed by atoms with Crippen LogP contribution >= 0.6 is 0 Å². The maximum Gasteiger partial charge on any atom is 0.326 e. The summed E-state index contributed by atoms with van der Waals surface area (Å²) >= 11 is 0. The number of aromatic nitrogens is 2. The van der Waals surface area contributed by atoms with Gasteiger partial charge in [-0.15, -0.1) is 0 Å². The zero-order valence-corrected chi connectivity index (χ0v) is 18.3. The first-order chi connectivity index (χ1) is 16.0. The van der Waals surface area contributed by atoms with E-state index in [2.05, 4.69) is 30.9 Å². The first-order valence-electron chi connectivity index (χ1n) is 10.2. The first kappa shape index (κ1) is 27.8. The minimum absolute atomic E-state index is 0.0707. The lowest BCUT2D eigenvalue weighted by Gasteiger charge is -2.21. The van der Waals surface area contributed by atoms with E-state index in [1.807, 2.05) is 0 Å². The van der Waals surface area contributed by atoms with Crippen molar-refractivity contribution in [3.05, 3.63) is 18.2 Å². The zero-order chi connectivity index (χ0) is 25.7. The van der Waals surface area contributed by atoms with Crippen molar-refractivity contribution in [2.75, 3.05) is 13.1 Å². The molecule has 0 radical (unpaired) electrons. The lowest BCUT2D eigenvalue weighted by molar-refractivity contribution is -0.143. The van der Waals surface area contributed by atoms with Gasteiger partial charge in [-0.25, -0.2) is 9.78 Å². The van der Waals surface area contributed by atoms with Crippen LogP contribution in [0.5, 0.6) is 0 Å². The van der Waals surface area contributed by atoms with Gasteiger partial charge < -0.3 is 49.0 Å². The minimum Gasteiger partial charge on any atom is -0.480 e. The summed E-state index contributed by atoms with van der Waals surface area (Å²) in [5.74, 6) is -4.68. The van der Waals surface area contributed by atoms with Crippen molar-refractivity contribution in [3.8, 4) is 0 Å².